The molecule has 29 heavy (non-hydrogen) atoms. The summed E-state index contributed by atoms with van der Waals surface area (Å²) < 4.78 is 28.9. The molecule has 0 aliphatic carbocycles. The summed E-state index contributed by atoms with van der Waals surface area (Å²) in [5.74, 6) is -1.57. The first-order valence-electron chi connectivity index (χ1n) is 9.17. The van der Waals surface area contributed by atoms with Gasteiger partial charge in [0.05, 0.1) is 22.3 Å². The van der Waals surface area contributed by atoms with E-state index in [2.05, 4.69) is 10.3 Å². The Labute approximate surface area is 171 Å². The van der Waals surface area contributed by atoms with Crippen LogP contribution in [0.25, 0.3) is 16.6 Å². The zero-order valence-electron chi connectivity index (χ0n) is 16.3. The fraction of sp³-hybridized carbons (Fsp3) is 0.286. The van der Waals surface area contributed by atoms with Gasteiger partial charge in [0.2, 0.25) is 5.91 Å². The number of aromatic nitrogens is 2. The number of amides is 1. The highest BCUT2D eigenvalue weighted by atomic mass is 32.2. The van der Waals surface area contributed by atoms with E-state index < -0.39 is 17.2 Å². The monoisotopic (exact) mass is 417 g/mol. The van der Waals surface area contributed by atoms with Crippen molar-refractivity contribution in [2.24, 2.45) is 5.92 Å². The van der Waals surface area contributed by atoms with Gasteiger partial charge in [0.25, 0.3) is 5.56 Å². The van der Waals surface area contributed by atoms with Gasteiger partial charge in [-0.3, -0.25) is 14.2 Å². The number of nitrogens with zero attached hydrogens (tertiary/aromatic N) is 2. The van der Waals surface area contributed by atoms with E-state index in [-0.39, 0.29) is 34.5 Å². The molecule has 0 bridgehead atoms. The second-order valence-corrected chi connectivity index (χ2v) is 7.98. The number of hydrogen-bond donors (Lipinski definition) is 1. The topological polar surface area (TPSA) is 64.0 Å². The van der Waals surface area contributed by atoms with Crippen LogP contribution in [0.4, 0.5) is 8.78 Å². The summed E-state index contributed by atoms with van der Waals surface area (Å²) in [5.41, 5.74) is -0.164. The van der Waals surface area contributed by atoms with Gasteiger partial charge in [0.15, 0.2) is 5.16 Å². The SMILES string of the molecule is CC(C)[C@H](C)NC(=O)CSc1nc2ccccc2c(=O)n1-c1ccc(F)cc1F. The van der Waals surface area contributed by atoms with Crippen molar-refractivity contribution in [2.45, 2.75) is 32.0 Å². The Morgan fingerprint density at radius 3 is 2.59 bits per heavy atom. The normalized spacial score (nSPS) is 12.3. The minimum Gasteiger partial charge on any atom is -0.353 e. The standard InChI is InChI=1S/C21H21F2N3O2S/c1-12(2)13(3)24-19(27)11-29-21-25-17-7-5-4-6-15(17)20(28)26(21)18-9-8-14(22)10-16(18)23/h4-10,12-13H,11H2,1-3H3,(H,24,27)/t13-/m0/s1. The van der Waals surface area contributed by atoms with Crippen molar-refractivity contribution in [3.05, 3.63) is 64.5 Å². The first-order chi connectivity index (χ1) is 13.8. The number of thioether (sulfide) groups is 1. The molecule has 1 heterocycles. The van der Waals surface area contributed by atoms with Gasteiger partial charge in [-0.25, -0.2) is 13.8 Å². The molecule has 1 aromatic heterocycles. The lowest BCUT2D eigenvalue weighted by Gasteiger charge is -2.18. The Balaban J connectivity index is 2.03. The minimum atomic E-state index is -0.885. The average Bonchev–Trinajstić information content (AvgIpc) is 2.67. The van der Waals surface area contributed by atoms with Crippen molar-refractivity contribution < 1.29 is 13.6 Å². The number of carbonyl (C=O) groups is 1. The van der Waals surface area contributed by atoms with Crippen LogP contribution in [-0.2, 0) is 4.79 Å². The molecule has 0 saturated heterocycles. The quantitative estimate of drug-likeness (QED) is 0.488. The van der Waals surface area contributed by atoms with Crippen LogP contribution in [-0.4, -0.2) is 27.3 Å². The van der Waals surface area contributed by atoms with Crippen LogP contribution < -0.4 is 10.9 Å². The van der Waals surface area contributed by atoms with Crippen LogP contribution >= 0.6 is 11.8 Å². The first-order valence-corrected chi connectivity index (χ1v) is 10.2. The molecular weight excluding hydrogens is 396 g/mol. The second-order valence-electron chi connectivity index (χ2n) is 7.04. The van der Waals surface area contributed by atoms with E-state index in [1.54, 1.807) is 24.3 Å². The molecule has 5 nitrogen and oxygen atoms in total. The van der Waals surface area contributed by atoms with Gasteiger partial charge in [-0.15, -0.1) is 0 Å². The van der Waals surface area contributed by atoms with E-state index in [1.807, 2.05) is 20.8 Å². The third-order valence-electron chi connectivity index (χ3n) is 4.62. The molecule has 1 atom stereocenters. The van der Waals surface area contributed by atoms with Gasteiger partial charge in [-0.05, 0) is 37.1 Å². The van der Waals surface area contributed by atoms with E-state index in [1.165, 1.54) is 6.07 Å². The van der Waals surface area contributed by atoms with Gasteiger partial charge in [0.1, 0.15) is 11.6 Å². The number of fused-ring (bicyclic) bond motifs is 1. The first kappa shape index (κ1) is 21.0. The molecule has 0 unspecified atom stereocenters. The molecule has 0 spiro atoms. The Morgan fingerprint density at radius 2 is 1.90 bits per heavy atom. The fourth-order valence-corrected chi connectivity index (χ4v) is 3.49. The van der Waals surface area contributed by atoms with Crippen LogP contribution in [0.2, 0.25) is 0 Å². The van der Waals surface area contributed by atoms with Gasteiger partial charge in [0, 0.05) is 12.1 Å². The number of benzene rings is 2. The van der Waals surface area contributed by atoms with Gasteiger partial charge >= 0.3 is 0 Å². The minimum absolute atomic E-state index is 0.00462. The summed E-state index contributed by atoms with van der Waals surface area (Å²) >= 11 is 1.02. The zero-order valence-corrected chi connectivity index (χ0v) is 17.1. The van der Waals surface area contributed by atoms with Crippen LogP contribution in [0.5, 0.6) is 0 Å². The summed E-state index contributed by atoms with van der Waals surface area (Å²) in [6, 6.07) is 9.65. The lowest BCUT2D eigenvalue weighted by Crippen LogP contribution is -2.37. The van der Waals surface area contributed by atoms with Crippen molar-refractivity contribution in [1.82, 2.24) is 14.9 Å². The maximum Gasteiger partial charge on any atom is 0.266 e. The van der Waals surface area contributed by atoms with Gasteiger partial charge in [-0.2, -0.15) is 0 Å². The molecule has 0 radical (unpaired) electrons. The molecule has 0 aliphatic rings. The van der Waals surface area contributed by atoms with Crippen LogP contribution in [0, 0.1) is 17.6 Å². The highest BCUT2D eigenvalue weighted by molar-refractivity contribution is 7.99. The third-order valence-corrected chi connectivity index (χ3v) is 5.56. The summed E-state index contributed by atoms with van der Waals surface area (Å²) in [5, 5.41) is 3.34. The van der Waals surface area contributed by atoms with Crippen LogP contribution in [0.3, 0.4) is 0 Å². The molecular formula is C21H21F2N3O2S. The molecule has 2 aromatic carbocycles. The Kier molecular flexibility index (Phi) is 6.32. The van der Waals surface area contributed by atoms with E-state index in [9.17, 15) is 18.4 Å². The molecule has 152 valence electrons. The highest BCUT2D eigenvalue weighted by Crippen LogP contribution is 2.23. The zero-order chi connectivity index (χ0) is 21.1. The molecule has 1 amide bonds. The lowest BCUT2D eigenvalue weighted by molar-refractivity contribution is -0.119. The van der Waals surface area contributed by atoms with E-state index >= 15 is 0 Å². The summed E-state index contributed by atoms with van der Waals surface area (Å²) in [7, 11) is 0. The van der Waals surface area contributed by atoms with E-state index in [4.69, 9.17) is 0 Å². The van der Waals surface area contributed by atoms with Crippen molar-refractivity contribution in [1.29, 1.82) is 0 Å². The van der Waals surface area contributed by atoms with Crippen molar-refractivity contribution in [3.8, 4) is 5.69 Å². The Hall–Kier alpha value is -2.74. The number of hydrogen-bond acceptors (Lipinski definition) is 4. The maximum absolute atomic E-state index is 14.4. The molecule has 3 rings (SSSR count). The van der Waals surface area contributed by atoms with Gasteiger partial charge < -0.3 is 5.32 Å². The number of nitrogens with one attached hydrogen (secondary N) is 1. The third kappa shape index (κ3) is 4.64. The smallest absolute Gasteiger partial charge is 0.266 e. The molecule has 0 saturated carbocycles. The van der Waals surface area contributed by atoms with Crippen molar-refractivity contribution in [3.63, 3.8) is 0 Å². The molecule has 3 aromatic rings. The molecule has 0 fully saturated rings. The van der Waals surface area contributed by atoms with E-state index in [0.717, 1.165) is 22.4 Å². The summed E-state index contributed by atoms with van der Waals surface area (Å²) in [6.07, 6.45) is 0. The van der Waals surface area contributed by atoms with Gasteiger partial charge in [-0.1, -0.05) is 37.7 Å². The molecule has 1 N–H and O–H groups in total. The van der Waals surface area contributed by atoms with E-state index in [0.29, 0.717) is 17.0 Å². The predicted octanol–water partition coefficient (Wildman–Crippen LogP) is 3.92. The number of carbonyl (C=O) groups excluding carboxylic acids is 1. The second kappa shape index (κ2) is 8.73. The van der Waals surface area contributed by atoms with Crippen LogP contribution in [0.15, 0.2) is 52.4 Å². The lowest BCUT2D eigenvalue weighted by atomic mass is 10.1. The Morgan fingerprint density at radius 1 is 1.17 bits per heavy atom. The summed E-state index contributed by atoms with van der Waals surface area (Å²) in [6.45, 7) is 5.90. The number of para-hydroxylation sites is 1. The highest BCUT2D eigenvalue weighted by Gasteiger charge is 2.18. The number of halogens is 2. The van der Waals surface area contributed by atoms with Crippen molar-refractivity contribution >= 4 is 28.6 Å². The predicted molar refractivity (Wildman–Crippen MR) is 110 cm³/mol. The maximum atomic E-state index is 14.4. The van der Waals surface area contributed by atoms with Crippen LogP contribution in [0.1, 0.15) is 20.8 Å². The molecule has 8 heteroatoms. The summed E-state index contributed by atoms with van der Waals surface area (Å²) in [4.78, 5) is 29.8. The molecule has 0 aliphatic heterocycles. The fourth-order valence-electron chi connectivity index (χ4n) is 2.68. The number of rotatable bonds is 6. The largest absolute Gasteiger partial charge is 0.353 e. The average molecular weight is 417 g/mol. The van der Waals surface area contributed by atoms with Crippen molar-refractivity contribution in [2.75, 3.05) is 5.75 Å². The Bertz CT molecular complexity index is 1110.